The van der Waals surface area contributed by atoms with Crippen molar-refractivity contribution in [3.05, 3.63) is 393 Å². The molecule has 6 aromatic heterocycles. The van der Waals surface area contributed by atoms with E-state index in [0.29, 0.717) is 51.6 Å². The van der Waals surface area contributed by atoms with Crippen LogP contribution in [0, 0.1) is 0 Å². The van der Waals surface area contributed by atoms with Crippen LogP contribution in [0.4, 0.5) is 0 Å². The Hall–Kier alpha value is -14.8. The van der Waals surface area contributed by atoms with Gasteiger partial charge in [-0.3, -0.25) is 0 Å². The molecule has 0 radical (unpaired) electrons. The molecule has 2 N–H and O–H groups in total. The van der Waals surface area contributed by atoms with Crippen LogP contribution in [-0.4, -0.2) is 56.2 Å². The molecular weight excluding hydrogens is 1490 g/mol. The second kappa shape index (κ2) is 30.4. The number of aromatic nitrogens is 8. The first kappa shape index (κ1) is 70.3. The van der Waals surface area contributed by atoms with Crippen molar-refractivity contribution in [1.82, 2.24) is 39.0 Å². The molecular formula is C102H66BBrN8O4. The largest absolute Gasteiger partial charge is 0.492 e. The van der Waals surface area contributed by atoms with E-state index in [4.69, 9.17) is 38.7 Å². The number of hydrogen-bond acceptors (Lipinski definition) is 10. The van der Waals surface area contributed by atoms with Gasteiger partial charge in [-0.15, -0.1) is 0 Å². The van der Waals surface area contributed by atoms with E-state index in [9.17, 15) is 10.0 Å². The molecule has 0 spiro atoms. The zero-order chi connectivity index (χ0) is 77.6. The fraction of sp³-hybridized carbons (Fsp3) is 0. The number of furan rings is 2. The standard InChI is InChI=1S/C51H32N4O.C33H22BN3O3.C18H12BrN/c1-4-13-34(14-5-1)49-52-50(35-15-6-2-7-16-35)54-51(53-49)36-25-23-33(24-26-36)37-27-29-42-43-21-12-20-40(48(43)56-47(42)32-37)38-28-30-46-44(31-38)41-19-10-11-22-45(41)55(46)39-17-8-3-9-18-39;38-34(39)28-13-7-12-27-26-19-18-25(20-29(26)40-30(27)28)21-14-16-24(17-15-21)33-36-31(22-8-3-1-4-9-22)35-32(37-33)23-10-5-2-6-11-23;19-13-10-11-18-16(12-13)15-8-4-5-9-17(15)20(18)14-6-2-1-3-7-14/h1-32H;1-20,38-39H;1-12H. The molecule has 0 fully saturated rings. The number of fused-ring (bicyclic) bond motifs is 12. The molecule has 22 aromatic rings. The zero-order valence-electron chi connectivity index (χ0n) is 62.2. The first-order valence-corrected chi connectivity index (χ1v) is 39.1. The number of rotatable bonds is 12. The summed E-state index contributed by atoms with van der Waals surface area (Å²) in [6, 6.07) is 132. The van der Waals surface area contributed by atoms with Crippen LogP contribution in [0.3, 0.4) is 0 Å². The molecule has 0 saturated heterocycles. The average Bonchev–Trinajstić information content (AvgIpc) is 1.60. The first-order valence-electron chi connectivity index (χ1n) is 38.3. The Balaban J connectivity index is 0.000000125. The van der Waals surface area contributed by atoms with Gasteiger partial charge < -0.3 is 28.0 Å². The van der Waals surface area contributed by atoms with Crippen molar-refractivity contribution in [2.45, 2.75) is 0 Å². The highest BCUT2D eigenvalue weighted by atomic mass is 79.9. The predicted molar refractivity (Wildman–Crippen MR) is 476 cm³/mol. The molecule has 16 aromatic carbocycles. The average molecular weight is 1560 g/mol. The van der Waals surface area contributed by atoms with E-state index in [2.05, 4.69) is 225 Å². The number of nitrogens with zero attached hydrogens (tertiary/aromatic N) is 8. The van der Waals surface area contributed by atoms with Gasteiger partial charge >= 0.3 is 7.12 Å². The van der Waals surface area contributed by atoms with Crippen molar-refractivity contribution in [2.24, 2.45) is 0 Å². The molecule has 14 heteroatoms. The summed E-state index contributed by atoms with van der Waals surface area (Å²) >= 11 is 3.57. The van der Waals surface area contributed by atoms with Crippen molar-refractivity contribution in [3.63, 3.8) is 0 Å². The molecule has 116 heavy (non-hydrogen) atoms. The van der Waals surface area contributed by atoms with Crippen molar-refractivity contribution in [2.75, 3.05) is 0 Å². The van der Waals surface area contributed by atoms with Gasteiger partial charge in [-0.1, -0.05) is 313 Å². The van der Waals surface area contributed by atoms with Gasteiger partial charge in [0, 0.05) is 103 Å². The van der Waals surface area contributed by atoms with E-state index in [1.165, 1.54) is 49.3 Å². The number of para-hydroxylation sites is 6. The maximum atomic E-state index is 9.74. The zero-order valence-corrected chi connectivity index (χ0v) is 63.8. The lowest BCUT2D eigenvalue weighted by Crippen LogP contribution is -2.29. The topological polar surface area (TPSA) is 154 Å². The van der Waals surface area contributed by atoms with Crippen LogP contribution in [-0.2, 0) is 0 Å². The summed E-state index contributed by atoms with van der Waals surface area (Å²) in [6.45, 7) is 0. The molecule has 0 aliphatic rings. The Morgan fingerprint density at radius 2 is 0.552 bits per heavy atom. The van der Waals surface area contributed by atoms with E-state index < -0.39 is 7.12 Å². The van der Waals surface area contributed by atoms with Crippen LogP contribution in [0.5, 0.6) is 0 Å². The minimum Gasteiger partial charge on any atom is -0.456 e. The Morgan fingerprint density at radius 1 is 0.233 bits per heavy atom. The highest BCUT2D eigenvalue weighted by Crippen LogP contribution is 2.42. The van der Waals surface area contributed by atoms with Crippen LogP contribution in [0.2, 0.25) is 0 Å². The van der Waals surface area contributed by atoms with Crippen molar-refractivity contribution < 1.29 is 18.9 Å². The van der Waals surface area contributed by atoms with E-state index in [1.807, 2.05) is 176 Å². The molecule has 0 aliphatic carbocycles. The van der Waals surface area contributed by atoms with E-state index in [1.54, 1.807) is 12.1 Å². The van der Waals surface area contributed by atoms with Crippen LogP contribution < -0.4 is 5.46 Å². The number of hydrogen-bond donors (Lipinski definition) is 2. The highest BCUT2D eigenvalue weighted by Gasteiger charge is 2.23. The third kappa shape index (κ3) is 13.4. The van der Waals surface area contributed by atoms with Crippen molar-refractivity contribution >= 4 is 116 Å². The molecule has 6 heterocycles. The second-order valence-electron chi connectivity index (χ2n) is 28.4. The molecule has 0 amide bonds. The minimum absolute atomic E-state index is 0.349. The maximum Gasteiger partial charge on any atom is 0.492 e. The second-order valence-corrected chi connectivity index (χ2v) is 29.3. The van der Waals surface area contributed by atoms with Crippen LogP contribution in [0.1, 0.15) is 0 Å². The monoisotopic (exact) mass is 1560 g/mol. The number of benzene rings is 16. The Morgan fingerprint density at radius 3 is 0.983 bits per heavy atom. The summed E-state index contributed by atoms with van der Waals surface area (Å²) in [4.78, 5) is 29.0. The fourth-order valence-electron chi connectivity index (χ4n) is 15.7. The van der Waals surface area contributed by atoms with E-state index in [-0.39, 0.29) is 0 Å². The summed E-state index contributed by atoms with van der Waals surface area (Å²) in [5, 5.41) is 28.5. The van der Waals surface area contributed by atoms with Gasteiger partial charge in [0.15, 0.2) is 34.9 Å². The van der Waals surface area contributed by atoms with Crippen LogP contribution in [0.25, 0.3) is 201 Å². The Kier molecular flexibility index (Phi) is 18.4. The molecule has 0 bridgehead atoms. The van der Waals surface area contributed by atoms with Gasteiger partial charge in [-0.25, -0.2) is 29.9 Å². The van der Waals surface area contributed by atoms with Crippen molar-refractivity contribution in [1.29, 1.82) is 0 Å². The predicted octanol–water partition coefficient (Wildman–Crippen LogP) is 24.9. The first-order chi connectivity index (χ1) is 57.2. The van der Waals surface area contributed by atoms with Gasteiger partial charge in [0.05, 0.1) is 22.1 Å². The van der Waals surface area contributed by atoms with Crippen LogP contribution >= 0.6 is 15.9 Å². The smallest absolute Gasteiger partial charge is 0.456 e. The molecule has 0 saturated carbocycles. The third-order valence-corrected chi connectivity index (χ3v) is 21.8. The third-order valence-electron chi connectivity index (χ3n) is 21.3. The summed E-state index contributed by atoms with van der Waals surface area (Å²) in [6.07, 6.45) is 0. The van der Waals surface area contributed by atoms with E-state index in [0.717, 1.165) is 110 Å². The lowest BCUT2D eigenvalue weighted by atomic mass is 9.79. The van der Waals surface area contributed by atoms with Gasteiger partial charge in [-0.2, -0.15) is 0 Å². The van der Waals surface area contributed by atoms with E-state index >= 15 is 0 Å². The normalized spacial score (nSPS) is 11.4. The summed E-state index contributed by atoms with van der Waals surface area (Å²) in [5.41, 5.74) is 22.3. The van der Waals surface area contributed by atoms with Gasteiger partial charge in [0.2, 0.25) is 0 Å². The molecule has 0 atom stereocenters. The summed E-state index contributed by atoms with van der Waals surface area (Å²) in [7, 11) is -1.60. The van der Waals surface area contributed by atoms with Gasteiger partial charge in [-0.05, 0) is 119 Å². The maximum absolute atomic E-state index is 9.74. The Bertz CT molecular complexity index is 7300. The Labute approximate surface area is 675 Å². The highest BCUT2D eigenvalue weighted by molar-refractivity contribution is 9.10. The van der Waals surface area contributed by atoms with Crippen molar-refractivity contribution in [3.8, 4) is 113 Å². The molecule has 0 aliphatic heterocycles. The fourth-order valence-corrected chi connectivity index (χ4v) is 16.1. The summed E-state index contributed by atoms with van der Waals surface area (Å²) in [5.74, 6) is 3.76. The minimum atomic E-state index is -1.60. The lowest BCUT2D eigenvalue weighted by Gasteiger charge is -2.09. The molecule has 22 rings (SSSR count). The molecule has 0 unspecified atom stereocenters. The van der Waals surface area contributed by atoms with Gasteiger partial charge in [0.25, 0.3) is 0 Å². The quantitative estimate of drug-likeness (QED) is 0.113. The summed E-state index contributed by atoms with van der Waals surface area (Å²) < 4.78 is 18.6. The molecule has 12 nitrogen and oxygen atoms in total. The van der Waals surface area contributed by atoms with Gasteiger partial charge in [0.1, 0.15) is 22.3 Å². The molecule has 548 valence electrons. The van der Waals surface area contributed by atoms with Crippen LogP contribution in [0.15, 0.2) is 402 Å². The SMILES string of the molecule is Brc1ccc2c(c1)c1ccccc1n2-c1ccccc1.OB(O)c1cccc2c1oc1cc(-c3ccc(-c4nc(-c5ccccc5)nc(-c5ccccc5)n4)cc3)ccc12.c1ccc(-c2nc(-c3ccccc3)nc(-c3ccc(-c4ccc5c(c4)oc4c(-c6ccc7c(c6)c6ccccc6n7-c6ccccc6)cccc45)cc3)n2)cc1. The number of halogens is 1. The lowest BCUT2D eigenvalue weighted by molar-refractivity contribution is 0.425.